The topological polar surface area (TPSA) is 85.2 Å². The lowest BCUT2D eigenvalue weighted by atomic mass is 10.2. The van der Waals surface area contributed by atoms with Crippen molar-refractivity contribution in [3.05, 3.63) is 43.0 Å². The second kappa shape index (κ2) is 6.37. The molecule has 2 amide bonds. The van der Waals surface area contributed by atoms with Gasteiger partial charge in [-0.3, -0.25) is 4.79 Å². The van der Waals surface area contributed by atoms with Gasteiger partial charge in [0.05, 0.1) is 13.4 Å². The van der Waals surface area contributed by atoms with Crippen molar-refractivity contribution in [1.29, 1.82) is 0 Å². The molecule has 0 saturated heterocycles. The van der Waals surface area contributed by atoms with Crippen LogP contribution in [0, 0.1) is 0 Å². The molecule has 1 aromatic carbocycles. The molecule has 0 saturated carbocycles. The van der Waals surface area contributed by atoms with Crippen LogP contribution in [0.1, 0.15) is 0 Å². The summed E-state index contributed by atoms with van der Waals surface area (Å²) in [4.78, 5) is 26.3. The monoisotopic (exact) mass is 274 g/mol. The number of alkyl carbamates (subject to hydrolysis) is 1. The van der Waals surface area contributed by atoms with E-state index in [9.17, 15) is 9.59 Å². The molecule has 7 heteroatoms. The Morgan fingerprint density at radius 3 is 2.65 bits per heavy atom. The third-order valence-corrected chi connectivity index (χ3v) is 2.53. The van der Waals surface area contributed by atoms with Gasteiger partial charge in [0, 0.05) is 23.8 Å². The first-order valence-electron chi connectivity index (χ1n) is 5.89. The molecule has 0 unspecified atom stereocenters. The number of imidazole rings is 1. The Kier molecular flexibility index (Phi) is 4.33. The molecule has 7 nitrogen and oxygen atoms in total. The van der Waals surface area contributed by atoms with Gasteiger partial charge in [0.25, 0.3) is 0 Å². The van der Waals surface area contributed by atoms with Gasteiger partial charge in [-0.25, -0.2) is 9.78 Å². The van der Waals surface area contributed by atoms with Gasteiger partial charge in [0.2, 0.25) is 5.91 Å². The number of rotatable bonds is 4. The summed E-state index contributed by atoms with van der Waals surface area (Å²) in [5, 5.41) is 4.96. The molecule has 0 aliphatic carbocycles. The van der Waals surface area contributed by atoms with Crippen LogP contribution < -0.4 is 10.6 Å². The molecule has 1 aromatic heterocycles. The molecule has 2 N–H and O–H groups in total. The molecule has 0 radical (unpaired) electrons. The lowest BCUT2D eigenvalue weighted by molar-refractivity contribution is -0.115. The van der Waals surface area contributed by atoms with Crippen LogP contribution in [0.4, 0.5) is 10.5 Å². The van der Waals surface area contributed by atoms with Crippen molar-refractivity contribution >= 4 is 17.7 Å². The average Bonchev–Trinajstić information content (AvgIpc) is 2.99. The van der Waals surface area contributed by atoms with Crippen molar-refractivity contribution < 1.29 is 14.3 Å². The van der Waals surface area contributed by atoms with Crippen LogP contribution in [0.2, 0.25) is 0 Å². The zero-order chi connectivity index (χ0) is 14.4. The number of aromatic nitrogens is 2. The molecule has 0 fully saturated rings. The van der Waals surface area contributed by atoms with E-state index in [-0.39, 0.29) is 12.5 Å². The predicted octanol–water partition coefficient (Wildman–Crippen LogP) is 1.17. The van der Waals surface area contributed by atoms with Crippen LogP contribution in [0.5, 0.6) is 0 Å². The number of amides is 2. The van der Waals surface area contributed by atoms with Gasteiger partial charge in [-0.2, -0.15) is 0 Å². The molecule has 0 bridgehead atoms. The SMILES string of the molecule is COC(=O)NCC(=O)Nc1ccc(-n2ccnc2)cc1. The molecular weight excluding hydrogens is 260 g/mol. The first-order chi connectivity index (χ1) is 9.69. The first-order valence-corrected chi connectivity index (χ1v) is 5.89. The minimum atomic E-state index is -0.643. The van der Waals surface area contributed by atoms with Crippen molar-refractivity contribution in [3.8, 4) is 5.69 Å². The van der Waals surface area contributed by atoms with Crippen molar-refractivity contribution in [2.24, 2.45) is 0 Å². The van der Waals surface area contributed by atoms with Crippen LogP contribution in [0.3, 0.4) is 0 Å². The number of carbonyl (C=O) groups excluding carboxylic acids is 2. The number of nitrogens with one attached hydrogen (secondary N) is 2. The highest BCUT2D eigenvalue weighted by molar-refractivity contribution is 5.93. The van der Waals surface area contributed by atoms with E-state index in [1.54, 1.807) is 24.7 Å². The molecule has 0 aliphatic heterocycles. The highest BCUT2D eigenvalue weighted by atomic mass is 16.5. The number of anilines is 1. The van der Waals surface area contributed by atoms with E-state index < -0.39 is 6.09 Å². The maximum Gasteiger partial charge on any atom is 0.407 e. The van der Waals surface area contributed by atoms with Gasteiger partial charge in [0.15, 0.2) is 0 Å². The fraction of sp³-hybridized carbons (Fsp3) is 0.154. The van der Waals surface area contributed by atoms with Crippen LogP contribution >= 0.6 is 0 Å². The van der Waals surface area contributed by atoms with Crippen LogP contribution in [0.25, 0.3) is 5.69 Å². The van der Waals surface area contributed by atoms with E-state index >= 15 is 0 Å². The van der Waals surface area contributed by atoms with E-state index in [0.717, 1.165) is 5.69 Å². The number of ether oxygens (including phenoxy) is 1. The number of hydrogen-bond acceptors (Lipinski definition) is 4. The summed E-state index contributed by atoms with van der Waals surface area (Å²) in [6.07, 6.45) is 4.56. The minimum absolute atomic E-state index is 0.143. The molecule has 20 heavy (non-hydrogen) atoms. The fourth-order valence-electron chi connectivity index (χ4n) is 1.56. The summed E-state index contributed by atoms with van der Waals surface area (Å²) in [5.41, 5.74) is 1.58. The van der Waals surface area contributed by atoms with Crippen molar-refractivity contribution in [3.63, 3.8) is 0 Å². The Hall–Kier alpha value is -2.83. The van der Waals surface area contributed by atoms with E-state index in [4.69, 9.17) is 0 Å². The summed E-state index contributed by atoms with van der Waals surface area (Å²) in [7, 11) is 1.24. The van der Waals surface area contributed by atoms with Crippen molar-refractivity contribution in [2.45, 2.75) is 0 Å². The Morgan fingerprint density at radius 2 is 2.05 bits per heavy atom. The lowest BCUT2D eigenvalue weighted by Gasteiger charge is -2.07. The number of carbonyl (C=O) groups is 2. The normalized spacial score (nSPS) is 9.85. The maximum atomic E-state index is 11.5. The van der Waals surface area contributed by atoms with Gasteiger partial charge >= 0.3 is 6.09 Å². The highest BCUT2D eigenvalue weighted by Crippen LogP contribution is 2.12. The number of methoxy groups -OCH3 is 1. The Balaban J connectivity index is 1.90. The van der Waals surface area contributed by atoms with Crippen LogP contribution in [0.15, 0.2) is 43.0 Å². The summed E-state index contributed by atoms with van der Waals surface area (Å²) in [6, 6.07) is 7.24. The summed E-state index contributed by atoms with van der Waals surface area (Å²) >= 11 is 0. The second-order valence-electron chi connectivity index (χ2n) is 3.91. The fourth-order valence-corrected chi connectivity index (χ4v) is 1.56. The van der Waals surface area contributed by atoms with Crippen LogP contribution in [-0.4, -0.2) is 35.2 Å². The van der Waals surface area contributed by atoms with Crippen molar-refractivity contribution in [2.75, 3.05) is 19.0 Å². The van der Waals surface area contributed by atoms with Gasteiger partial charge in [-0.15, -0.1) is 0 Å². The molecule has 104 valence electrons. The summed E-state index contributed by atoms with van der Waals surface area (Å²) in [6.45, 7) is -0.143. The third-order valence-electron chi connectivity index (χ3n) is 2.53. The molecule has 0 spiro atoms. The quantitative estimate of drug-likeness (QED) is 0.876. The first kappa shape index (κ1) is 13.6. The largest absolute Gasteiger partial charge is 0.453 e. The van der Waals surface area contributed by atoms with E-state index in [2.05, 4.69) is 20.4 Å². The predicted molar refractivity (Wildman–Crippen MR) is 72.6 cm³/mol. The molecule has 0 atom stereocenters. The highest BCUT2D eigenvalue weighted by Gasteiger charge is 2.05. The van der Waals surface area contributed by atoms with Gasteiger partial charge in [-0.05, 0) is 24.3 Å². The van der Waals surface area contributed by atoms with Gasteiger partial charge < -0.3 is 19.9 Å². The third kappa shape index (κ3) is 3.58. The Morgan fingerprint density at radius 1 is 1.30 bits per heavy atom. The zero-order valence-corrected chi connectivity index (χ0v) is 10.9. The lowest BCUT2D eigenvalue weighted by Crippen LogP contribution is -2.32. The molecule has 2 aromatic rings. The smallest absolute Gasteiger partial charge is 0.407 e. The number of nitrogens with zero attached hydrogens (tertiary/aromatic N) is 2. The Bertz CT molecular complexity index is 578. The molecule has 1 heterocycles. The van der Waals surface area contributed by atoms with Crippen LogP contribution in [-0.2, 0) is 9.53 Å². The number of benzene rings is 1. The average molecular weight is 274 g/mol. The maximum absolute atomic E-state index is 11.5. The summed E-state index contributed by atoms with van der Waals surface area (Å²) in [5.74, 6) is -0.328. The molecule has 2 rings (SSSR count). The molecule has 0 aliphatic rings. The minimum Gasteiger partial charge on any atom is -0.453 e. The Labute approximate surface area is 115 Å². The van der Waals surface area contributed by atoms with Gasteiger partial charge in [0.1, 0.15) is 6.54 Å². The zero-order valence-electron chi connectivity index (χ0n) is 10.9. The van der Waals surface area contributed by atoms with Gasteiger partial charge in [-0.1, -0.05) is 0 Å². The van der Waals surface area contributed by atoms with E-state index in [1.165, 1.54) is 7.11 Å². The standard InChI is InChI=1S/C13H14N4O3/c1-20-13(19)15-8-12(18)16-10-2-4-11(5-3-10)17-7-6-14-9-17/h2-7,9H,8H2,1H3,(H,15,19)(H,16,18). The molecular formula is C13H14N4O3. The number of hydrogen-bond donors (Lipinski definition) is 2. The summed E-state index contributed by atoms with van der Waals surface area (Å²) < 4.78 is 6.22. The second-order valence-corrected chi connectivity index (χ2v) is 3.91. The van der Waals surface area contributed by atoms with Crippen molar-refractivity contribution in [1.82, 2.24) is 14.9 Å². The van der Waals surface area contributed by atoms with E-state index in [0.29, 0.717) is 5.69 Å². The van der Waals surface area contributed by atoms with E-state index in [1.807, 2.05) is 22.9 Å².